The van der Waals surface area contributed by atoms with Gasteiger partial charge >= 0.3 is 17.6 Å². The average Bonchev–Trinajstić information content (AvgIpc) is 2.91. The van der Waals surface area contributed by atoms with E-state index in [1.165, 1.54) is 56.7 Å². The van der Waals surface area contributed by atoms with Crippen molar-refractivity contribution >= 4 is 47.1 Å². The van der Waals surface area contributed by atoms with Crippen LogP contribution in [0.15, 0.2) is 0 Å². The summed E-state index contributed by atoms with van der Waals surface area (Å²) >= 11 is 5.84. The van der Waals surface area contributed by atoms with Crippen molar-refractivity contribution in [2.45, 2.75) is 148 Å². The Morgan fingerprint density at radius 3 is 2.15 bits per heavy atom. The summed E-state index contributed by atoms with van der Waals surface area (Å²) in [4.78, 5) is 12.4. The molecule has 0 spiro atoms. The predicted octanol–water partition coefficient (Wildman–Crippen LogP) is 7.83. The van der Waals surface area contributed by atoms with E-state index >= 15 is 0 Å². The van der Waals surface area contributed by atoms with E-state index in [1.54, 1.807) is 0 Å². The lowest BCUT2D eigenvalue weighted by molar-refractivity contribution is -0.111. The number of thioether (sulfide) groups is 1. The van der Waals surface area contributed by atoms with Crippen LogP contribution in [0.2, 0.25) is 12.1 Å². The molecule has 5 unspecified atom stereocenters. The molecule has 5 atom stereocenters. The predicted molar refractivity (Wildman–Crippen MR) is 172 cm³/mol. The van der Waals surface area contributed by atoms with Crippen molar-refractivity contribution in [3.05, 3.63) is 0 Å². The highest BCUT2D eigenvalue weighted by atomic mass is 32.2. The lowest BCUT2D eigenvalue weighted by atomic mass is 10.1. The summed E-state index contributed by atoms with van der Waals surface area (Å²) in [6.07, 6.45) is 15.3. The van der Waals surface area contributed by atoms with E-state index in [0.717, 1.165) is 62.1 Å². The minimum Gasteiger partial charge on any atom is -0.373 e. The van der Waals surface area contributed by atoms with E-state index in [4.69, 9.17) is 26.6 Å². The highest BCUT2D eigenvalue weighted by Gasteiger charge is 2.47. The second-order valence-electron chi connectivity index (χ2n) is 11.4. The first-order chi connectivity index (χ1) is 19.3. The Balaban J connectivity index is 1.70. The Hall–Kier alpha value is 0.564. The first-order valence-corrected chi connectivity index (χ1v) is 21.5. The molecule has 0 aromatic carbocycles. The molecule has 40 heavy (non-hydrogen) atoms. The van der Waals surface area contributed by atoms with Crippen LogP contribution in [0.5, 0.6) is 0 Å². The highest BCUT2D eigenvalue weighted by molar-refractivity contribution is 8.13. The summed E-state index contributed by atoms with van der Waals surface area (Å²) in [7, 11) is -5.48. The van der Waals surface area contributed by atoms with Gasteiger partial charge < -0.3 is 26.6 Å². The van der Waals surface area contributed by atoms with Gasteiger partial charge in [-0.15, -0.1) is 0 Å². The second-order valence-corrected chi connectivity index (χ2v) is 18.3. The molecule has 0 amide bonds. The average molecular weight is 639 g/mol. The van der Waals surface area contributed by atoms with Crippen LogP contribution in [-0.2, 0) is 31.4 Å². The molecule has 0 aliphatic carbocycles. The van der Waals surface area contributed by atoms with Crippen LogP contribution in [0.3, 0.4) is 0 Å². The number of hydrogen-bond acceptors (Lipinski definition) is 9. The maximum Gasteiger partial charge on any atom is 0.501 e. The van der Waals surface area contributed by atoms with Gasteiger partial charge in [0.25, 0.3) is 0 Å². The van der Waals surface area contributed by atoms with Crippen LogP contribution in [0.25, 0.3) is 0 Å². The van der Waals surface area contributed by atoms with Gasteiger partial charge in [-0.2, -0.15) is 12.6 Å². The van der Waals surface area contributed by atoms with E-state index in [9.17, 15) is 4.79 Å². The quantitative estimate of drug-likeness (QED) is 0.0731. The highest BCUT2D eigenvalue weighted by Crippen LogP contribution is 2.30. The van der Waals surface area contributed by atoms with Crippen molar-refractivity contribution in [1.82, 2.24) is 0 Å². The molecule has 2 saturated heterocycles. The molecule has 0 radical (unpaired) electrons. The minimum absolute atomic E-state index is 0.0477. The maximum absolute atomic E-state index is 12.4. The third kappa shape index (κ3) is 15.3. The lowest BCUT2D eigenvalue weighted by Gasteiger charge is -2.39. The van der Waals surface area contributed by atoms with Gasteiger partial charge in [0.05, 0.1) is 0 Å². The van der Waals surface area contributed by atoms with Crippen LogP contribution >= 0.6 is 24.4 Å². The maximum atomic E-state index is 12.4. The molecule has 2 heterocycles. The van der Waals surface area contributed by atoms with Crippen molar-refractivity contribution in [3.8, 4) is 0 Å². The fourth-order valence-corrected chi connectivity index (χ4v) is 12.5. The fraction of sp³-hybridized carbons (Fsp3) is 0.966. The molecule has 11 heteroatoms. The van der Waals surface area contributed by atoms with Crippen LogP contribution in [0.4, 0.5) is 0 Å². The standard InChI is InChI=1S/C29H58O7S2Si2/c1-5-6-7-8-9-10-11-12-15-29(30)38-23-14-25-39(31-19-16-26(2)34-39)32-20-17-27(3)35-40(24-13-22-37)33-21-18-28(4)36-40/h26-28,37H,5-25H2,1-4H3. The zero-order valence-corrected chi connectivity index (χ0v) is 29.5. The summed E-state index contributed by atoms with van der Waals surface area (Å²) in [5.74, 6) is 1.58. The van der Waals surface area contributed by atoms with E-state index in [2.05, 4.69) is 40.3 Å². The van der Waals surface area contributed by atoms with Crippen LogP contribution in [0, 0.1) is 0 Å². The molecule has 0 aromatic heterocycles. The number of unbranched alkanes of at least 4 members (excludes halogenated alkanes) is 7. The second kappa shape index (κ2) is 21.3. The van der Waals surface area contributed by atoms with Crippen molar-refractivity contribution in [2.24, 2.45) is 0 Å². The summed E-state index contributed by atoms with van der Waals surface area (Å²) in [5.41, 5.74) is 0. The first kappa shape index (κ1) is 36.8. The number of carbonyl (C=O) groups is 1. The van der Waals surface area contributed by atoms with Gasteiger partial charge in [0.1, 0.15) is 0 Å². The molecule has 2 rings (SSSR count). The van der Waals surface area contributed by atoms with E-state index in [0.29, 0.717) is 31.4 Å². The molecule has 0 aromatic rings. The van der Waals surface area contributed by atoms with Crippen molar-refractivity contribution in [1.29, 1.82) is 0 Å². The van der Waals surface area contributed by atoms with E-state index < -0.39 is 17.6 Å². The van der Waals surface area contributed by atoms with Gasteiger partial charge in [0, 0.05) is 62.4 Å². The Labute approximate surface area is 257 Å². The number of hydrogen-bond donors (Lipinski definition) is 1. The molecule has 2 fully saturated rings. The summed E-state index contributed by atoms with van der Waals surface area (Å²) in [6.45, 7) is 10.4. The van der Waals surface area contributed by atoms with Gasteiger partial charge in [0.15, 0.2) is 5.12 Å². The third-order valence-electron chi connectivity index (χ3n) is 7.45. The Morgan fingerprint density at radius 1 is 0.900 bits per heavy atom. The SMILES string of the molecule is CCCCCCCCCCC(=O)SCCC[Si]1(OCCC(C)O[Si]2(CCCS)OCCC(C)O2)OCCC(C)O1. The van der Waals surface area contributed by atoms with Gasteiger partial charge in [-0.05, 0) is 65.0 Å². The van der Waals surface area contributed by atoms with E-state index in [-0.39, 0.29) is 18.3 Å². The minimum atomic E-state index is -2.78. The molecular formula is C29H58O7S2Si2. The first-order valence-electron chi connectivity index (χ1n) is 16.0. The van der Waals surface area contributed by atoms with Gasteiger partial charge in [-0.3, -0.25) is 4.79 Å². The summed E-state index contributed by atoms with van der Waals surface area (Å²) in [6, 6.07) is 1.54. The van der Waals surface area contributed by atoms with Crippen molar-refractivity contribution < 1.29 is 31.4 Å². The molecule has 7 nitrogen and oxygen atoms in total. The molecule has 236 valence electrons. The van der Waals surface area contributed by atoms with Crippen LogP contribution < -0.4 is 0 Å². The van der Waals surface area contributed by atoms with E-state index in [1.807, 2.05) is 0 Å². The summed E-state index contributed by atoms with van der Waals surface area (Å²) < 4.78 is 37.8. The largest absolute Gasteiger partial charge is 0.501 e. The van der Waals surface area contributed by atoms with Crippen molar-refractivity contribution in [3.63, 3.8) is 0 Å². The van der Waals surface area contributed by atoms with Gasteiger partial charge in [0.2, 0.25) is 0 Å². The normalized spacial score (nSPS) is 28.0. The molecule has 0 saturated carbocycles. The topological polar surface area (TPSA) is 72.5 Å². The molecule has 2 aliphatic heterocycles. The van der Waals surface area contributed by atoms with Gasteiger partial charge in [-0.25, -0.2) is 0 Å². The Bertz CT molecular complexity index is 680. The smallest absolute Gasteiger partial charge is 0.373 e. The van der Waals surface area contributed by atoms with Gasteiger partial charge in [-0.1, -0.05) is 63.6 Å². The Morgan fingerprint density at radius 2 is 1.50 bits per heavy atom. The molecule has 0 N–H and O–H groups in total. The summed E-state index contributed by atoms with van der Waals surface area (Å²) in [5, 5.41) is 0.310. The number of thiol groups is 1. The van der Waals surface area contributed by atoms with Crippen molar-refractivity contribution in [2.75, 3.05) is 31.3 Å². The van der Waals surface area contributed by atoms with Crippen LogP contribution in [0.1, 0.15) is 118 Å². The lowest BCUT2D eigenvalue weighted by Crippen LogP contribution is -2.54. The third-order valence-corrected chi connectivity index (χ3v) is 14.9. The molecular weight excluding hydrogens is 581 g/mol. The zero-order valence-electron chi connectivity index (χ0n) is 25.8. The Kier molecular flexibility index (Phi) is 19.6. The van der Waals surface area contributed by atoms with Crippen LogP contribution in [-0.4, -0.2) is 72.4 Å². The number of rotatable bonds is 22. The zero-order chi connectivity index (χ0) is 29.1. The molecule has 0 bridgehead atoms. The monoisotopic (exact) mass is 638 g/mol. The molecule has 2 aliphatic rings. The number of carbonyl (C=O) groups excluding carboxylic acids is 1. The fourth-order valence-electron chi connectivity index (χ4n) is 5.08.